The normalized spacial score (nSPS) is 15.7. The molecule has 1 aromatic heterocycles. The zero-order valence-electron chi connectivity index (χ0n) is 11.8. The summed E-state index contributed by atoms with van der Waals surface area (Å²) in [6.45, 7) is 3.02. The Kier molecular flexibility index (Phi) is 11.4. The number of carboxylic acids is 1. The first kappa shape index (κ1) is 20.6. The zero-order chi connectivity index (χ0) is 17.0. The molecule has 10 heteroatoms. The molecule has 2 heterocycles. The van der Waals surface area contributed by atoms with Crippen LogP contribution < -0.4 is 10.6 Å². The molecule has 0 aliphatic carbocycles. The van der Waals surface area contributed by atoms with Crippen molar-refractivity contribution in [1.82, 2.24) is 15.6 Å². The van der Waals surface area contributed by atoms with Crippen LogP contribution in [0.25, 0.3) is 0 Å². The van der Waals surface area contributed by atoms with E-state index in [1.165, 1.54) is 5.56 Å². The van der Waals surface area contributed by atoms with E-state index in [2.05, 4.69) is 31.2 Å². The van der Waals surface area contributed by atoms with Crippen LogP contribution in [0.4, 0.5) is 0 Å². The zero-order valence-corrected chi connectivity index (χ0v) is 13.5. The fraction of sp³-hybridized carbons (Fsp3) is 0.417. The Morgan fingerprint density at radius 2 is 2.27 bits per heavy atom. The van der Waals surface area contributed by atoms with Gasteiger partial charge in [0.2, 0.25) is 0 Å². The molecular weight excluding hydrogens is 363 g/mol. The molecule has 0 saturated carbocycles. The van der Waals surface area contributed by atoms with E-state index in [-0.39, 0.29) is 0 Å². The van der Waals surface area contributed by atoms with E-state index in [4.69, 9.17) is 31.6 Å². The molecule has 1 aromatic rings. The predicted molar refractivity (Wildman–Crippen MR) is 79.1 cm³/mol. The number of carboxylic acid groups (broad SMARTS) is 1. The van der Waals surface area contributed by atoms with Crippen LogP contribution >= 0.6 is 11.6 Å². The Balaban J connectivity index is 0.000000411. The maximum absolute atomic E-state index is 9.01. The first-order chi connectivity index (χ1) is 10.3. The number of hydrogen-bond donors (Lipinski definition) is 3. The van der Waals surface area contributed by atoms with Crippen LogP contribution in [0.3, 0.4) is 0 Å². The summed E-state index contributed by atoms with van der Waals surface area (Å²) in [5, 5.41) is 24.0. The summed E-state index contributed by atoms with van der Waals surface area (Å²) >= 11 is 9.66. The van der Waals surface area contributed by atoms with Gasteiger partial charge in [-0.3, -0.25) is 4.79 Å². The van der Waals surface area contributed by atoms with E-state index in [0.717, 1.165) is 26.6 Å². The number of aliphatic carboxylic acids is 1. The van der Waals surface area contributed by atoms with Gasteiger partial charge in [0, 0.05) is 32.4 Å². The molecule has 22 heavy (non-hydrogen) atoms. The fourth-order valence-electron chi connectivity index (χ4n) is 1.49. The van der Waals surface area contributed by atoms with E-state index >= 15 is 0 Å². The Hall–Kier alpha value is -1.38. The average molecular weight is 380 g/mol. The van der Waals surface area contributed by atoms with E-state index in [9.17, 15) is 0 Å². The molecule has 1 unspecified atom stereocenters. The summed E-state index contributed by atoms with van der Waals surface area (Å²) < 4.78 is 0. The Morgan fingerprint density at radius 3 is 2.64 bits per heavy atom. The van der Waals surface area contributed by atoms with Gasteiger partial charge >= 0.3 is 35.7 Å². The van der Waals surface area contributed by atoms with E-state index in [0.29, 0.717) is 16.2 Å². The van der Waals surface area contributed by atoms with Crippen LogP contribution in [-0.2, 0) is 26.8 Å². The molecule has 0 spiro atoms. The van der Waals surface area contributed by atoms with Crippen LogP contribution in [0.1, 0.15) is 12.5 Å². The van der Waals surface area contributed by atoms with Gasteiger partial charge in [-0.25, -0.2) is 4.98 Å². The number of nitrogens with zero attached hydrogens (tertiary/aromatic N) is 2. The first-order valence-corrected chi connectivity index (χ1v) is 7.04. The van der Waals surface area contributed by atoms with Crippen molar-refractivity contribution in [3.8, 4) is 0 Å². The third-order valence-corrected chi connectivity index (χ3v) is 2.66. The van der Waals surface area contributed by atoms with Crippen molar-refractivity contribution in [2.45, 2.75) is 19.4 Å². The number of rotatable bonds is 3. The van der Waals surface area contributed by atoms with Crippen LogP contribution in [0.15, 0.2) is 18.3 Å². The van der Waals surface area contributed by atoms with Crippen LogP contribution in [0.5, 0.6) is 0 Å². The predicted octanol–water partition coefficient (Wildman–Crippen LogP) is 0.457. The van der Waals surface area contributed by atoms with Crippen molar-refractivity contribution < 1.29 is 30.4 Å². The number of halogens is 1. The van der Waals surface area contributed by atoms with Crippen LogP contribution in [-0.4, -0.2) is 45.3 Å². The second-order valence-corrected chi connectivity index (χ2v) is 4.74. The number of hydrogen-bond acceptors (Lipinski definition) is 6. The number of nitro groups is 1. The van der Waals surface area contributed by atoms with Crippen molar-refractivity contribution in [2.75, 3.05) is 13.2 Å². The molecule has 0 bridgehead atoms. The number of pyridine rings is 1. The molecule has 1 aliphatic rings. The molecule has 127 valence electrons. The molecule has 1 aliphatic heterocycles. The van der Waals surface area contributed by atoms with E-state index in [1.807, 2.05) is 18.3 Å². The average Bonchev–Trinajstić information content (AvgIpc) is 2.94. The van der Waals surface area contributed by atoms with Gasteiger partial charge in [0.25, 0.3) is 5.97 Å². The molecule has 0 aromatic carbocycles. The molecule has 1 fully saturated rings. The molecule has 0 radical (unpaired) electrons. The molecule has 1 atom stereocenters. The van der Waals surface area contributed by atoms with Gasteiger partial charge in [-0.15, -0.1) is 0 Å². The van der Waals surface area contributed by atoms with Crippen LogP contribution in [0.2, 0.25) is 5.15 Å². The summed E-state index contributed by atoms with van der Waals surface area (Å²) in [4.78, 5) is 21.4. The van der Waals surface area contributed by atoms with Crippen molar-refractivity contribution >= 4 is 22.6 Å². The third kappa shape index (κ3) is 12.4. The van der Waals surface area contributed by atoms with E-state index < -0.39 is 10.9 Å². The first-order valence-electron chi connectivity index (χ1n) is 6.11. The van der Waals surface area contributed by atoms with Gasteiger partial charge in [0.05, 0.1) is 0 Å². The van der Waals surface area contributed by atoms with Gasteiger partial charge in [-0.05, 0) is 18.1 Å². The summed E-state index contributed by atoms with van der Waals surface area (Å²) in [6, 6.07) is 4.39. The minimum atomic E-state index is -0.833. The van der Waals surface area contributed by atoms with Crippen molar-refractivity contribution in [2.24, 2.45) is 0 Å². The van der Waals surface area contributed by atoms with E-state index in [1.54, 1.807) is 0 Å². The van der Waals surface area contributed by atoms with Crippen molar-refractivity contribution in [3.63, 3.8) is 0 Å². The molecule has 1 saturated heterocycles. The quantitative estimate of drug-likeness (QED) is 0.302. The fourth-order valence-corrected chi connectivity index (χ4v) is 1.60. The molecular formula is C12H17ClCuN4O4. The summed E-state index contributed by atoms with van der Waals surface area (Å²) in [7, 11) is 0. The molecule has 8 nitrogen and oxygen atoms in total. The molecule has 3 N–H and O–H groups in total. The number of nitrogens with one attached hydrogen (secondary N) is 2. The second kappa shape index (κ2) is 12.2. The summed E-state index contributed by atoms with van der Waals surface area (Å²) in [5.74, 6) is -0.833. The Labute approximate surface area is 140 Å². The van der Waals surface area contributed by atoms with Gasteiger partial charge in [-0.2, -0.15) is 0 Å². The summed E-state index contributed by atoms with van der Waals surface area (Å²) in [6.07, 6.45) is 2.85. The monoisotopic (exact) mass is 379 g/mol. The molecule has 2 rings (SSSR count). The minimum absolute atomic E-state index is 0.451. The number of aromatic nitrogens is 1. The summed E-state index contributed by atoms with van der Waals surface area (Å²) in [5.41, 5.74) is 1.23. The van der Waals surface area contributed by atoms with Gasteiger partial charge in [-0.1, -0.05) is 17.7 Å². The standard InChI is InChI=1S/C9H12ClN3.C2H4O2.CHNO2.Cu/c10-9-2-1-7(4-12-9)3-8-5-11-6-13-8;2*1-2(3)4;/h1-2,4,8,11,13H,3,5-6H2;1H3,(H,3,4);1H;. The SMILES string of the molecule is CC(=O)O.Clc1ccc(CC2CNCN2)cn1.O=[N+]([O-])[CH]=[Cu]. The third-order valence-electron chi connectivity index (χ3n) is 2.24. The van der Waals surface area contributed by atoms with Crippen LogP contribution in [0, 0.1) is 10.1 Å². The Morgan fingerprint density at radius 1 is 1.68 bits per heavy atom. The van der Waals surface area contributed by atoms with Crippen molar-refractivity contribution in [3.05, 3.63) is 39.2 Å². The molecule has 0 amide bonds. The van der Waals surface area contributed by atoms with Crippen molar-refractivity contribution in [1.29, 1.82) is 0 Å². The second-order valence-electron chi connectivity index (χ2n) is 4.11. The maximum atomic E-state index is 9.01. The van der Waals surface area contributed by atoms with Gasteiger partial charge in [0.15, 0.2) is 0 Å². The Bertz CT molecular complexity index is 477. The van der Waals surface area contributed by atoms with Gasteiger partial charge < -0.3 is 15.7 Å². The topological polar surface area (TPSA) is 117 Å². The number of carbonyl (C=O) groups is 1. The van der Waals surface area contributed by atoms with Gasteiger partial charge in [0.1, 0.15) is 5.15 Å².